The number of carbonyl (C=O) groups is 1. The first kappa shape index (κ1) is 11.8. The second-order valence-electron chi connectivity index (χ2n) is 7.92. The molecule has 7 aliphatic rings. The highest BCUT2D eigenvalue weighted by Crippen LogP contribution is 3.05. The van der Waals surface area contributed by atoms with Crippen molar-refractivity contribution in [2.24, 2.45) is 40.9 Å². The number of benzene rings is 1. The minimum Gasteiger partial charge on any atom is -0.346 e. The van der Waals surface area contributed by atoms with Crippen LogP contribution in [0, 0.1) is 40.9 Å². The topological polar surface area (TPSA) is 35.5 Å². The molecule has 0 amide bonds. The zero-order chi connectivity index (χ0) is 14.5. The number of alkyl halides is 1. The van der Waals surface area contributed by atoms with E-state index in [2.05, 4.69) is 15.9 Å². The zero-order valence-electron chi connectivity index (χ0n) is 11.9. The number of rotatable bonds is 2. The number of Topliss-reactive ketones (excluding diaryl/α,β-unsaturated/α-hetero) is 1. The van der Waals surface area contributed by atoms with E-state index < -0.39 is 5.79 Å². The second kappa shape index (κ2) is 2.99. The Hall–Kier alpha value is -0.710. The van der Waals surface area contributed by atoms with E-state index in [4.69, 9.17) is 9.47 Å². The number of carbonyl (C=O) groups excluding carboxylic acids is 1. The fourth-order valence-corrected chi connectivity index (χ4v) is 9.54. The Kier molecular flexibility index (Phi) is 1.60. The standard InChI is InChI=1S/C18H15BrO3/c19-17-12-9-13(17)11-14(18(17)21-6-7-22-18)10(12)16(9,11)15(20)8-4-2-1-3-5-8/h1-5,9-14H,6-7H2/t9?,10-,11-,12+,13+,14?,16?,17?/m0/s1. The van der Waals surface area contributed by atoms with Gasteiger partial charge in [0.15, 0.2) is 11.6 Å². The van der Waals surface area contributed by atoms with Gasteiger partial charge in [0, 0.05) is 16.9 Å². The summed E-state index contributed by atoms with van der Waals surface area (Å²) in [5.41, 5.74) is 0.835. The molecule has 0 N–H and O–H groups in total. The average molecular weight is 359 g/mol. The molecule has 4 heteroatoms. The molecule has 0 aromatic heterocycles. The van der Waals surface area contributed by atoms with Crippen LogP contribution in [0.2, 0.25) is 0 Å². The molecule has 1 aliphatic heterocycles. The van der Waals surface area contributed by atoms with E-state index in [9.17, 15) is 4.79 Å². The van der Waals surface area contributed by atoms with Crippen molar-refractivity contribution >= 4 is 21.7 Å². The van der Waals surface area contributed by atoms with Gasteiger partial charge in [-0.05, 0) is 29.6 Å². The summed E-state index contributed by atoms with van der Waals surface area (Å²) in [6.07, 6.45) is 0. The van der Waals surface area contributed by atoms with Crippen molar-refractivity contribution in [3.63, 3.8) is 0 Å². The first-order valence-corrected chi connectivity index (χ1v) is 9.06. The van der Waals surface area contributed by atoms with Crippen LogP contribution in [0.4, 0.5) is 0 Å². The fraction of sp³-hybridized carbons (Fsp3) is 0.611. The first-order valence-electron chi connectivity index (χ1n) is 8.27. The van der Waals surface area contributed by atoms with E-state index in [1.54, 1.807) is 0 Å². The molecule has 22 heavy (non-hydrogen) atoms. The third-order valence-corrected chi connectivity index (χ3v) is 9.67. The minimum absolute atomic E-state index is 0.0138. The molecular formula is C18H15BrO3. The third kappa shape index (κ3) is 0.711. The first-order chi connectivity index (χ1) is 10.7. The van der Waals surface area contributed by atoms with Gasteiger partial charge in [0.2, 0.25) is 0 Å². The molecule has 0 radical (unpaired) electrons. The highest BCUT2D eigenvalue weighted by Gasteiger charge is 3.10. The highest BCUT2D eigenvalue weighted by molar-refractivity contribution is 9.10. The van der Waals surface area contributed by atoms with Crippen molar-refractivity contribution in [3.05, 3.63) is 35.9 Å². The molecule has 4 atom stereocenters. The van der Waals surface area contributed by atoms with Crippen molar-refractivity contribution in [2.75, 3.05) is 13.2 Å². The Morgan fingerprint density at radius 3 is 2.18 bits per heavy atom. The van der Waals surface area contributed by atoms with Crippen molar-refractivity contribution < 1.29 is 14.3 Å². The van der Waals surface area contributed by atoms with Gasteiger partial charge in [0.05, 0.1) is 17.5 Å². The maximum Gasteiger partial charge on any atom is 0.187 e. The van der Waals surface area contributed by atoms with E-state index in [1.807, 2.05) is 30.3 Å². The van der Waals surface area contributed by atoms with E-state index in [1.165, 1.54) is 0 Å². The normalized spacial score (nSPS) is 59.3. The molecule has 1 heterocycles. The largest absolute Gasteiger partial charge is 0.346 e. The Morgan fingerprint density at radius 1 is 0.955 bits per heavy atom. The molecular weight excluding hydrogens is 344 g/mol. The molecule has 112 valence electrons. The molecule has 1 spiro atoms. The lowest BCUT2D eigenvalue weighted by Crippen LogP contribution is -2.93. The number of ketones is 1. The van der Waals surface area contributed by atoms with Crippen LogP contribution in [0.5, 0.6) is 0 Å². The third-order valence-electron chi connectivity index (χ3n) is 8.06. The average Bonchev–Trinajstić information content (AvgIpc) is 3.07. The molecule has 8 rings (SSSR count). The summed E-state index contributed by atoms with van der Waals surface area (Å²) in [6.45, 7) is 1.40. The Morgan fingerprint density at radius 2 is 1.55 bits per heavy atom. The number of hydrogen-bond donors (Lipinski definition) is 0. The van der Waals surface area contributed by atoms with Gasteiger partial charge in [-0.25, -0.2) is 0 Å². The van der Waals surface area contributed by atoms with E-state index in [0.717, 1.165) is 5.56 Å². The van der Waals surface area contributed by atoms with Crippen molar-refractivity contribution in [2.45, 2.75) is 10.1 Å². The SMILES string of the molecule is O=C(c1ccccc1)C12C3[C@@H]4[C@H]1C1[C@@H]2[C@@H]3C4(Br)C12OCCO2. The molecule has 7 fully saturated rings. The highest BCUT2D eigenvalue weighted by atomic mass is 79.9. The number of halogens is 1. The van der Waals surface area contributed by atoms with Crippen molar-refractivity contribution in [1.82, 2.24) is 0 Å². The molecule has 1 aromatic carbocycles. The predicted octanol–water partition coefficient (Wildman–Crippen LogP) is 2.50. The lowest BCUT2D eigenvalue weighted by atomic mass is 9.12. The van der Waals surface area contributed by atoms with Crippen LogP contribution in [0.1, 0.15) is 10.4 Å². The maximum absolute atomic E-state index is 13.2. The molecule has 1 aromatic rings. The van der Waals surface area contributed by atoms with Crippen LogP contribution >= 0.6 is 15.9 Å². The predicted molar refractivity (Wildman–Crippen MR) is 80.4 cm³/mol. The Labute approximate surface area is 136 Å². The van der Waals surface area contributed by atoms with Crippen LogP contribution < -0.4 is 0 Å². The fourth-order valence-electron chi connectivity index (χ4n) is 7.91. The minimum atomic E-state index is -0.412. The lowest BCUT2D eigenvalue weighted by Gasteiger charge is -2.90. The van der Waals surface area contributed by atoms with Gasteiger partial charge < -0.3 is 9.47 Å². The summed E-state index contributed by atoms with van der Waals surface area (Å²) in [5.74, 6) is 3.17. The van der Waals surface area contributed by atoms with Gasteiger partial charge in [0.1, 0.15) is 0 Å². The molecule has 3 nitrogen and oxygen atoms in total. The van der Waals surface area contributed by atoms with Crippen LogP contribution in [0.15, 0.2) is 30.3 Å². The van der Waals surface area contributed by atoms with Crippen LogP contribution in [0.25, 0.3) is 0 Å². The van der Waals surface area contributed by atoms with E-state index >= 15 is 0 Å². The van der Waals surface area contributed by atoms with Crippen LogP contribution in [0.3, 0.4) is 0 Å². The summed E-state index contributed by atoms with van der Waals surface area (Å²) in [4.78, 5) is 13.2. The summed E-state index contributed by atoms with van der Waals surface area (Å²) in [7, 11) is 0. The zero-order valence-corrected chi connectivity index (χ0v) is 13.5. The second-order valence-corrected chi connectivity index (χ2v) is 9.23. The summed E-state index contributed by atoms with van der Waals surface area (Å²) >= 11 is 4.04. The summed E-state index contributed by atoms with van der Waals surface area (Å²) < 4.78 is 12.3. The smallest absolute Gasteiger partial charge is 0.187 e. The Bertz CT molecular complexity index is 733. The summed E-state index contributed by atoms with van der Waals surface area (Å²) in [6, 6.07) is 9.87. The molecule has 0 unspecified atom stereocenters. The lowest BCUT2D eigenvalue weighted by molar-refractivity contribution is -0.409. The van der Waals surface area contributed by atoms with Crippen molar-refractivity contribution in [1.29, 1.82) is 0 Å². The Balaban J connectivity index is 1.36. The van der Waals surface area contributed by atoms with Gasteiger partial charge in [-0.1, -0.05) is 46.3 Å². The summed E-state index contributed by atoms with van der Waals surface area (Å²) in [5, 5.41) is 0. The van der Waals surface area contributed by atoms with Gasteiger partial charge in [-0.3, -0.25) is 4.79 Å². The van der Waals surface area contributed by atoms with E-state index in [-0.39, 0.29) is 9.74 Å². The quantitative estimate of drug-likeness (QED) is 0.601. The van der Waals surface area contributed by atoms with Crippen molar-refractivity contribution in [3.8, 4) is 0 Å². The van der Waals surface area contributed by atoms with Gasteiger partial charge in [-0.15, -0.1) is 0 Å². The molecule has 6 saturated carbocycles. The maximum atomic E-state index is 13.2. The molecule has 2 bridgehead atoms. The van der Waals surface area contributed by atoms with Gasteiger partial charge in [0.25, 0.3) is 0 Å². The van der Waals surface area contributed by atoms with Gasteiger partial charge >= 0.3 is 0 Å². The molecule has 1 saturated heterocycles. The van der Waals surface area contributed by atoms with Crippen LogP contribution in [-0.4, -0.2) is 29.1 Å². The number of hydrogen-bond acceptors (Lipinski definition) is 3. The monoisotopic (exact) mass is 358 g/mol. The van der Waals surface area contributed by atoms with Crippen LogP contribution in [-0.2, 0) is 9.47 Å². The van der Waals surface area contributed by atoms with E-state index in [0.29, 0.717) is 54.5 Å². The number of ether oxygens (including phenoxy) is 2. The van der Waals surface area contributed by atoms with Gasteiger partial charge in [-0.2, -0.15) is 0 Å². The molecule has 6 aliphatic carbocycles.